The van der Waals surface area contributed by atoms with Crippen molar-refractivity contribution in [2.45, 2.75) is 25.2 Å². The van der Waals surface area contributed by atoms with Gasteiger partial charge in [0.2, 0.25) is 10.0 Å². The van der Waals surface area contributed by atoms with Crippen LogP contribution in [-0.4, -0.2) is 26.4 Å². The molecule has 0 fully saturated rings. The summed E-state index contributed by atoms with van der Waals surface area (Å²) in [5.74, 6) is 0. The highest BCUT2D eigenvalue weighted by Crippen LogP contribution is 2.28. The average molecular weight is 324 g/mol. The van der Waals surface area contributed by atoms with E-state index in [1.807, 2.05) is 0 Å². The number of nitro groups is 1. The number of nitrogens with two attached hydrogens (primary N) is 1. The SMILES string of the molecule is Cc1ccc([N+](=O)[O-])c(S(=O)(=O)NCCCN)c1C.Cl. The summed E-state index contributed by atoms with van der Waals surface area (Å²) >= 11 is 0. The molecule has 1 aromatic rings. The monoisotopic (exact) mass is 323 g/mol. The van der Waals surface area contributed by atoms with Crippen LogP contribution in [0.2, 0.25) is 0 Å². The number of nitrogens with zero attached hydrogens (tertiary/aromatic N) is 1. The lowest BCUT2D eigenvalue weighted by molar-refractivity contribution is -0.387. The van der Waals surface area contributed by atoms with Crippen LogP contribution in [-0.2, 0) is 10.0 Å². The molecule has 114 valence electrons. The van der Waals surface area contributed by atoms with Crippen LogP contribution >= 0.6 is 12.4 Å². The van der Waals surface area contributed by atoms with E-state index in [9.17, 15) is 18.5 Å². The summed E-state index contributed by atoms with van der Waals surface area (Å²) in [6, 6.07) is 2.74. The molecule has 0 saturated heterocycles. The van der Waals surface area contributed by atoms with Crippen molar-refractivity contribution in [3.8, 4) is 0 Å². The molecule has 0 aliphatic heterocycles. The van der Waals surface area contributed by atoms with Crippen LogP contribution in [0.1, 0.15) is 17.5 Å². The maximum absolute atomic E-state index is 12.1. The third kappa shape index (κ3) is 4.14. The van der Waals surface area contributed by atoms with E-state index in [1.54, 1.807) is 13.8 Å². The van der Waals surface area contributed by atoms with Crippen LogP contribution in [0.5, 0.6) is 0 Å². The third-order valence-electron chi connectivity index (χ3n) is 2.79. The normalized spacial score (nSPS) is 10.9. The molecule has 0 aromatic heterocycles. The Morgan fingerprint density at radius 3 is 2.45 bits per heavy atom. The number of aryl methyl sites for hydroxylation is 1. The van der Waals surface area contributed by atoms with Crippen LogP contribution in [0.15, 0.2) is 17.0 Å². The highest BCUT2D eigenvalue weighted by molar-refractivity contribution is 7.89. The van der Waals surface area contributed by atoms with Gasteiger partial charge in [0.1, 0.15) is 0 Å². The maximum atomic E-state index is 12.1. The Hall–Kier alpha value is -1.22. The Kier molecular flexibility index (Phi) is 7.07. The van der Waals surface area contributed by atoms with E-state index >= 15 is 0 Å². The van der Waals surface area contributed by atoms with Crippen molar-refractivity contribution in [3.63, 3.8) is 0 Å². The number of rotatable bonds is 6. The maximum Gasteiger partial charge on any atom is 0.289 e. The molecular formula is C11H18ClN3O4S. The van der Waals surface area contributed by atoms with Crippen LogP contribution < -0.4 is 10.5 Å². The molecule has 0 atom stereocenters. The predicted octanol–water partition coefficient (Wildman–Crippen LogP) is 1.26. The number of nitrogens with one attached hydrogen (secondary N) is 1. The zero-order valence-electron chi connectivity index (χ0n) is 11.3. The third-order valence-corrected chi connectivity index (χ3v) is 4.43. The second-order valence-corrected chi connectivity index (χ2v) is 5.86. The first-order valence-corrected chi connectivity index (χ1v) is 7.24. The highest BCUT2D eigenvalue weighted by Gasteiger charge is 2.28. The minimum absolute atomic E-state index is 0. The largest absolute Gasteiger partial charge is 0.330 e. The van der Waals surface area contributed by atoms with Crippen molar-refractivity contribution in [2.75, 3.05) is 13.1 Å². The molecule has 7 nitrogen and oxygen atoms in total. The standard InChI is InChI=1S/C11H17N3O4S.ClH/c1-8-4-5-10(14(15)16)11(9(8)2)19(17,18)13-7-3-6-12;/h4-5,13H,3,6-7,12H2,1-2H3;1H. The summed E-state index contributed by atoms with van der Waals surface area (Å²) < 4.78 is 26.6. The molecule has 1 aromatic carbocycles. The first kappa shape index (κ1) is 18.8. The molecule has 0 spiro atoms. The van der Waals surface area contributed by atoms with Gasteiger partial charge in [0, 0.05) is 12.6 Å². The molecule has 0 aliphatic rings. The highest BCUT2D eigenvalue weighted by atomic mass is 35.5. The minimum Gasteiger partial charge on any atom is -0.330 e. The lowest BCUT2D eigenvalue weighted by Crippen LogP contribution is -2.27. The summed E-state index contributed by atoms with van der Waals surface area (Å²) in [4.78, 5) is 10.00. The van der Waals surface area contributed by atoms with E-state index in [0.29, 0.717) is 24.1 Å². The second kappa shape index (κ2) is 7.53. The lowest BCUT2D eigenvalue weighted by atomic mass is 10.1. The Balaban J connectivity index is 0.00000361. The number of benzene rings is 1. The van der Waals surface area contributed by atoms with Crippen molar-refractivity contribution in [2.24, 2.45) is 5.73 Å². The summed E-state index contributed by atoms with van der Waals surface area (Å²) in [6.07, 6.45) is 0.470. The topological polar surface area (TPSA) is 115 Å². The van der Waals surface area contributed by atoms with E-state index in [-0.39, 0.29) is 23.8 Å². The van der Waals surface area contributed by atoms with Crippen LogP contribution in [0.4, 0.5) is 5.69 Å². The van der Waals surface area contributed by atoms with E-state index in [4.69, 9.17) is 5.73 Å². The summed E-state index contributed by atoms with van der Waals surface area (Å²) in [5, 5.41) is 11.0. The molecule has 0 saturated carbocycles. The van der Waals surface area contributed by atoms with E-state index < -0.39 is 20.6 Å². The molecule has 1 rings (SSSR count). The molecule has 9 heteroatoms. The van der Waals surface area contributed by atoms with Gasteiger partial charge >= 0.3 is 0 Å². The van der Waals surface area contributed by atoms with Gasteiger partial charge in [-0.05, 0) is 37.9 Å². The Morgan fingerprint density at radius 1 is 1.35 bits per heavy atom. The van der Waals surface area contributed by atoms with Gasteiger partial charge in [-0.2, -0.15) is 0 Å². The number of nitro benzene ring substituents is 1. The lowest BCUT2D eigenvalue weighted by Gasteiger charge is -2.11. The summed E-state index contributed by atoms with van der Waals surface area (Å²) in [7, 11) is -3.91. The van der Waals surface area contributed by atoms with E-state index in [1.165, 1.54) is 12.1 Å². The fourth-order valence-corrected chi connectivity index (χ4v) is 3.18. The molecule has 0 bridgehead atoms. The Morgan fingerprint density at radius 2 is 1.95 bits per heavy atom. The number of halogens is 1. The van der Waals surface area contributed by atoms with Gasteiger partial charge in [-0.15, -0.1) is 12.4 Å². The molecule has 3 N–H and O–H groups in total. The van der Waals surface area contributed by atoms with Crippen LogP contribution in [0.3, 0.4) is 0 Å². The molecule has 0 amide bonds. The quantitative estimate of drug-likeness (QED) is 0.464. The molecule has 0 heterocycles. The predicted molar refractivity (Wildman–Crippen MR) is 78.7 cm³/mol. The Bertz CT molecular complexity index is 590. The number of hydrogen-bond donors (Lipinski definition) is 2. The van der Waals surface area contributed by atoms with Crippen molar-refractivity contribution < 1.29 is 13.3 Å². The number of hydrogen-bond acceptors (Lipinski definition) is 5. The molecule has 0 aliphatic carbocycles. The molecule has 0 unspecified atom stereocenters. The smallest absolute Gasteiger partial charge is 0.289 e. The number of sulfonamides is 1. The Labute approximate surface area is 124 Å². The fourth-order valence-electron chi connectivity index (χ4n) is 1.64. The second-order valence-electron chi connectivity index (χ2n) is 4.15. The van der Waals surface area contributed by atoms with Gasteiger partial charge in [-0.3, -0.25) is 10.1 Å². The van der Waals surface area contributed by atoms with Crippen molar-refractivity contribution in [1.82, 2.24) is 4.72 Å². The van der Waals surface area contributed by atoms with Gasteiger partial charge in [0.25, 0.3) is 5.69 Å². The van der Waals surface area contributed by atoms with Crippen LogP contribution in [0, 0.1) is 24.0 Å². The summed E-state index contributed by atoms with van der Waals surface area (Å²) in [6.45, 7) is 3.76. The van der Waals surface area contributed by atoms with Crippen LogP contribution in [0.25, 0.3) is 0 Å². The summed E-state index contributed by atoms with van der Waals surface area (Å²) in [5.41, 5.74) is 5.94. The van der Waals surface area contributed by atoms with Gasteiger partial charge < -0.3 is 5.73 Å². The minimum atomic E-state index is -3.91. The van der Waals surface area contributed by atoms with Crippen molar-refractivity contribution in [1.29, 1.82) is 0 Å². The molecule has 0 radical (unpaired) electrons. The fraction of sp³-hybridized carbons (Fsp3) is 0.455. The first-order chi connectivity index (χ1) is 8.81. The molecule has 20 heavy (non-hydrogen) atoms. The zero-order chi connectivity index (χ0) is 14.6. The van der Waals surface area contributed by atoms with Gasteiger partial charge in [0.05, 0.1) is 4.92 Å². The van der Waals surface area contributed by atoms with Gasteiger partial charge in [-0.25, -0.2) is 13.1 Å². The zero-order valence-corrected chi connectivity index (χ0v) is 12.9. The molecular weight excluding hydrogens is 306 g/mol. The first-order valence-electron chi connectivity index (χ1n) is 5.75. The van der Waals surface area contributed by atoms with Gasteiger partial charge in [-0.1, -0.05) is 6.07 Å². The van der Waals surface area contributed by atoms with E-state index in [0.717, 1.165) is 0 Å². The van der Waals surface area contributed by atoms with Crippen molar-refractivity contribution in [3.05, 3.63) is 33.4 Å². The average Bonchev–Trinajstić information content (AvgIpc) is 2.31. The van der Waals surface area contributed by atoms with E-state index in [2.05, 4.69) is 4.72 Å². The van der Waals surface area contributed by atoms with Crippen molar-refractivity contribution >= 4 is 28.1 Å². The van der Waals surface area contributed by atoms with Gasteiger partial charge in [0.15, 0.2) is 4.90 Å².